The van der Waals surface area contributed by atoms with Crippen LogP contribution < -0.4 is 9.47 Å². The van der Waals surface area contributed by atoms with E-state index in [-0.39, 0.29) is 0 Å². The number of pyridine rings is 1. The van der Waals surface area contributed by atoms with E-state index < -0.39 is 5.79 Å². The summed E-state index contributed by atoms with van der Waals surface area (Å²) in [4.78, 5) is 4.60. The van der Waals surface area contributed by atoms with Crippen LogP contribution in [0.1, 0.15) is 30.2 Å². The molecule has 1 fully saturated rings. The molecule has 1 aromatic heterocycles. The van der Waals surface area contributed by atoms with Gasteiger partial charge in [0.15, 0.2) is 11.5 Å². The molecule has 0 spiro atoms. The van der Waals surface area contributed by atoms with Crippen LogP contribution in [0.2, 0.25) is 0 Å². The number of benzene rings is 1. The van der Waals surface area contributed by atoms with E-state index in [1.807, 2.05) is 24.3 Å². The van der Waals surface area contributed by atoms with E-state index in [0.717, 1.165) is 29.7 Å². The first kappa shape index (κ1) is 16.7. The first-order chi connectivity index (χ1) is 11.7. The third-order valence-corrected chi connectivity index (χ3v) is 4.25. The molecule has 0 bridgehead atoms. The first-order valence-corrected chi connectivity index (χ1v) is 8.20. The molecular formula is C19H23NO4. The van der Waals surface area contributed by atoms with Gasteiger partial charge in [-0.2, -0.15) is 0 Å². The van der Waals surface area contributed by atoms with Gasteiger partial charge in [-0.1, -0.05) is 13.0 Å². The van der Waals surface area contributed by atoms with Gasteiger partial charge in [0.25, 0.3) is 0 Å². The Bertz CT molecular complexity index is 696. The lowest BCUT2D eigenvalue weighted by Crippen LogP contribution is -2.40. The van der Waals surface area contributed by atoms with E-state index in [2.05, 4.69) is 18.0 Å². The fraction of sp³-hybridized carbons (Fsp3) is 0.421. The van der Waals surface area contributed by atoms with Crippen molar-refractivity contribution in [1.29, 1.82) is 0 Å². The average molecular weight is 329 g/mol. The average Bonchev–Trinajstić information content (AvgIpc) is 2.67. The van der Waals surface area contributed by atoms with Crippen molar-refractivity contribution in [2.45, 2.75) is 25.6 Å². The summed E-state index contributed by atoms with van der Waals surface area (Å²) in [6, 6.07) is 9.71. The van der Waals surface area contributed by atoms with E-state index in [4.69, 9.17) is 18.9 Å². The van der Waals surface area contributed by atoms with E-state index in [1.54, 1.807) is 20.4 Å². The summed E-state index contributed by atoms with van der Waals surface area (Å²) < 4.78 is 23.1. The monoisotopic (exact) mass is 329 g/mol. The van der Waals surface area contributed by atoms with E-state index in [0.29, 0.717) is 24.7 Å². The lowest BCUT2D eigenvalue weighted by atomic mass is 9.95. The molecule has 1 aliphatic heterocycles. The van der Waals surface area contributed by atoms with Crippen molar-refractivity contribution in [3.63, 3.8) is 0 Å². The van der Waals surface area contributed by atoms with E-state index in [1.165, 1.54) is 0 Å². The molecule has 2 aromatic rings. The molecule has 1 aliphatic rings. The predicted octanol–water partition coefficient (Wildman–Crippen LogP) is 3.30. The molecule has 0 unspecified atom stereocenters. The third-order valence-electron chi connectivity index (χ3n) is 4.25. The first-order valence-electron chi connectivity index (χ1n) is 8.20. The zero-order chi connectivity index (χ0) is 17.0. The SMILES string of the molecule is CCc1cccnc1C1(c2ccc(OC)c(OC)c2)OCCCO1. The largest absolute Gasteiger partial charge is 0.493 e. The summed E-state index contributed by atoms with van der Waals surface area (Å²) in [5, 5.41) is 0. The number of methoxy groups -OCH3 is 2. The van der Waals surface area contributed by atoms with Gasteiger partial charge in [-0.3, -0.25) is 4.98 Å². The molecule has 0 aliphatic carbocycles. The second kappa shape index (κ2) is 7.20. The molecule has 0 N–H and O–H groups in total. The zero-order valence-electron chi connectivity index (χ0n) is 14.4. The minimum Gasteiger partial charge on any atom is -0.493 e. The third kappa shape index (κ3) is 2.85. The van der Waals surface area contributed by atoms with Gasteiger partial charge in [0.1, 0.15) is 5.69 Å². The highest BCUT2D eigenvalue weighted by Crippen LogP contribution is 2.41. The molecule has 0 radical (unpaired) electrons. The fourth-order valence-corrected chi connectivity index (χ4v) is 3.03. The van der Waals surface area contributed by atoms with Crippen LogP contribution in [0.5, 0.6) is 11.5 Å². The summed E-state index contributed by atoms with van der Waals surface area (Å²) in [6.07, 6.45) is 3.49. The van der Waals surface area contributed by atoms with Gasteiger partial charge in [0.2, 0.25) is 5.79 Å². The highest BCUT2D eigenvalue weighted by Gasteiger charge is 2.42. The maximum atomic E-state index is 6.17. The Morgan fingerprint density at radius 3 is 2.50 bits per heavy atom. The quantitative estimate of drug-likeness (QED) is 0.842. The lowest BCUT2D eigenvalue weighted by Gasteiger charge is -2.38. The normalized spacial score (nSPS) is 16.6. The van der Waals surface area contributed by atoms with Gasteiger partial charge in [-0.05, 0) is 42.7 Å². The molecule has 1 aromatic carbocycles. The second-order valence-electron chi connectivity index (χ2n) is 5.60. The van der Waals surface area contributed by atoms with Gasteiger partial charge in [0, 0.05) is 11.8 Å². The van der Waals surface area contributed by atoms with E-state index >= 15 is 0 Å². The standard InChI is InChI=1S/C19H23NO4/c1-4-14-7-5-10-20-18(14)19(23-11-6-12-24-19)15-8-9-16(21-2)17(13-15)22-3/h5,7-10,13H,4,6,11-12H2,1-3H3. The summed E-state index contributed by atoms with van der Waals surface area (Å²) in [7, 11) is 3.24. The van der Waals surface area contributed by atoms with Crippen LogP contribution in [-0.4, -0.2) is 32.4 Å². The predicted molar refractivity (Wildman–Crippen MR) is 90.5 cm³/mol. The van der Waals surface area contributed by atoms with Gasteiger partial charge in [-0.25, -0.2) is 0 Å². The molecule has 3 rings (SSSR count). The van der Waals surface area contributed by atoms with Gasteiger partial charge >= 0.3 is 0 Å². The zero-order valence-corrected chi connectivity index (χ0v) is 14.4. The van der Waals surface area contributed by atoms with E-state index in [9.17, 15) is 0 Å². The van der Waals surface area contributed by atoms with Crippen LogP contribution in [0, 0.1) is 0 Å². The Morgan fingerprint density at radius 1 is 1.08 bits per heavy atom. The number of ether oxygens (including phenoxy) is 4. The Morgan fingerprint density at radius 2 is 1.83 bits per heavy atom. The highest BCUT2D eigenvalue weighted by molar-refractivity contribution is 5.47. The Hall–Kier alpha value is -2.11. The number of nitrogens with zero attached hydrogens (tertiary/aromatic N) is 1. The molecule has 128 valence electrons. The minimum atomic E-state index is -1.01. The molecule has 1 saturated heterocycles. The molecule has 5 nitrogen and oxygen atoms in total. The Labute approximate surface area is 142 Å². The number of hydrogen-bond acceptors (Lipinski definition) is 5. The smallest absolute Gasteiger partial charge is 0.240 e. The van der Waals surface area contributed by atoms with Crippen LogP contribution in [0.4, 0.5) is 0 Å². The van der Waals surface area contributed by atoms with Crippen LogP contribution >= 0.6 is 0 Å². The molecule has 24 heavy (non-hydrogen) atoms. The van der Waals surface area contributed by atoms with Crippen molar-refractivity contribution < 1.29 is 18.9 Å². The molecule has 5 heteroatoms. The molecule has 0 amide bonds. The van der Waals surface area contributed by atoms with Gasteiger partial charge in [0.05, 0.1) is 27.4 Å². The Kier molecular flexibility index (Phi) is 5.02. The summed E-state index contributed by atoms with van der Waals surface area (Å²) in [5.41, 5.74) is 2.77. The number of rotatable bonds is 5. The van der Waals surface area contributed by atoms with Crippen molar-refractivity contribution >= 4 is 0 Å². The fourth-order valence-electron chi connectivity index (χ4n) is 3.03. The molecule has 0 saturated carbocycles. The number of aryl methyl sites for hydroxylation is 1. The summed E-state index contributed by atoms with van der Waals surface area (Å²) in [6.45, 7) is 3.34. The van der Waals surface area contributed by atoms with Crippen molar-refractivity contribution in [2.75, 3.05) is 27.4 Å². The van der Waals surface area contributed by atoms with Crippen LogP contribution in [0.3, 0.4) is 0 Å². The summed E-state index contributed by atoms with van der Waals surface area (Å²) >= 11 is 0. The summed E-state index contributed by atoms with van der Waals surface area (Å²) in [5.74, 6) is 0.301. The topological polar surface area (TPSA) is 49.8 Å². The lowest BCUT2D eigenvalue weighted by molar-refractivity contribution is -0.251. The number of hydrogen-bond donors (Lipinski definition) is 0. The van der Waals surface area contributed by atoms with Gasteiger partial charge < -0.3 is 18.9 Å². The van der Waals surface area contributed by atoms with Crippen molar-refractivity contribution in [3.8, 4) is 11.5 Å². The number of aromatic nitrogens is 1. The van der Waals surface area contributed by atoms with Crippen LogP contribution in [0.15, 0.2) is 36.5 Å². The maximum Gasteiger partial charge on any atom is 0.240 e. The molecule has 0 atom stereocenters. The van der Waals surface area contributed by atoms with Crippen LogP contribution in [0.25, 0.3) is 0 Å². The maximum absolute atomic E-state index is 6.17. The highest BCUT2D eigenvalue weighted by atomic mass is 16.7. The second-order valence-corrected chi connectivity index (χ2v) is 5.60. The van der Waals surface area contributed by atoms with Crippen molar-refractivity contribution in [1.82, 2.24) is 4.98 Å². The van der Waals surface area contributed by atoms with Gasteiger partial charge in [-0.15, -0.1) is 0 Å². The van der Waals surface area contributed by atoms with Crippen molar-refractivity contribution in [3.05, 3.63) is 53.3 Å². The Balaban J connectivity index is 2.16. The molecular weight excluding hydrogens is 306 g/mol. The van der Waals surface area contributed by atoms with Crippen LogP contribution in [-0.2, 0) is 21.7 Å². The molecule has 2 heterocycles. The minimum absolute atomic E-state index is 0.619. The van der Waals surface area contributed by atoms with Crippen molar-refractivity contribution in [2.24, 2.45) is 0 Å².